The van der Waals surface area contributed by atoms with Gasteiger partial charge in [-0.2, -0.15) is 0 Å². The summed E-state index contributed by atoms with van der Waals surface area (Å²) in [4.78, 5) is 2.58. The van der Waals surface area contributed by atoms with Crippen molar-refractivity contribution in [3.8, 4) is 17.2 Å². The van der Waals surface area contributed by atoms with Crippen LogP contribution < -0.4 is 19.5 Å². The lowest BCUT2D eigenvalue weighted by Crippen LogP contribution is -2.45. The predicted molar refractivity (Wildman–Crippen MR) is 90.4 cm³/mol. The van der Waals surface area contributed by atoms with Crippen LogP contribution in [0, 0.1) is 5.92 Å². The average molecular weight is 320 g/mol. The molecule has 128 valence electrons. The smallest absolute Gasteiger partial charge is 0.231 e. The fourth-order valence-electron chi connectivity index (χ4n) is 3.39. The second kappa shape index (κ2) is 7.41. The van der Waals surface area contributed by atoms with E-state index in [-0.39, 0.29) is 6.79 Å². The first-order valence-corrected chi connectivity index (χ1v) is 8.61. The van der Waals surface area contributed by atoms with Crippen LogP contribution in [-0.4, -0.2) is 45.0 Å². The Morgan fingerprint density at radius 1 is 1.17 bits per heavy atom. The molecule has 0 aromatic heterocycles. The van der Waals surface area contributed by atoms with E-state index in [0.717, 1.165) is 49.8 Å². The second-order valence-corrected chi connectivity index (χ2v) is 6.73. The molecule has 5 nitrogen and oxygen atoms in total. The van der Waals surface area contributed by atoms with E-state index in [9.17, 15) is 0 Å². The van der Waals surface area contributed by atoms with Crippen LogP contribution in [0.25, 0.3) is 0 Å². The fraction of sp³-hybridized carbons (Fsp3) is 0.667. The number of rotatable bonds is 6. The third-order valence-corrected chi connectivity index (χ3v) is 4.68. The molecule has 1 aromatic carbocycles. The predicted octanol–water partition coefficient (Wildman–Crippen LogP) is 2.81. The van der Waals surface area contributed by atoms with Crippen LogP contribution in [0.2, 0.25) is 0 Å². The first kappa shape index (κ1) is 16.4. The van der Waals surface area contributed by atoms with Crippen molar-refractivity contribution in [3.63, 3.8) is 0 Å². The summed E-state index contributed by atoms with van der Waals surface area (Å²) < 4.78 is 16.7. The number of piperazine rings is 1. The maximum Gasteiger partial charge on any atom is 0.231 e. The van der Waals surface area contributed by atoms with E-state index in [1.54, 1.807) is 7.11 Å². The fourth-order valence-corrected chi connectivity index (χ4v) is 3.39. The molecule has 2 aliphatic heterocycles. The zero-order chi connectivity index (χ0) is 16.2. The van der Waals surface area contributed by atoms with Gasteiger partial charge in [0.1, 0.15) is 0 Å². The monoisotopic (exact) mass is 320 g/mol. The molecule has 2 aliphatic rings. The first-order chi connectivity index (χ1) is 11.2. The Bertz CT molecular complexity index is 527. The third-order valence-electron chi connectivity index (χ3n) is 4.68. The number of nitrogens with one attached hydrogen (secondary N) is 1. The van der Waals surface area contributed by atoms with Crippen molar-refractivity contribution >= 4 is 0 Å². The molecule has 0 saturated carbocycles. The lowest BCUT2D eigenvalue weighted by Gasteiger charge is -2.36. The molecule has 1 N–H and O–H groups in total. The molecular formula is C18H28N2O3. The van der Waals surface area contributed by atoms with Crippen LogP contribution in [0.5, 0.6) is 17.2 Å². The lowest BCUT2D eigenvalue weighted by atomic mass is 9.95. The summed E-state index contributed by atoms with van der Waals surface area (Å²) in [6.45, 7) is 9.13. The van der Waals surface area contributed by atoms with Crippen molar-refractivity contribution in [2.24, 2.45) is 5.92 Å². The maximum absolute atomic E-state index is 5.61. The Kier molecular flexibility index (Phi) is 5.28. The molecule has 1 aromatic rings. The molecule has 5 heteroatoms. The Morgan fingerprint density at radius 3 is 2.65 bits per heavy atom. The highest BCUT2D eigenvalue weighted by Crippen LogP contribution is 2.44. The zero-order valence-corrected chi connectivity index (χ0v) is 14.4. The van der Waals surface area contributed by atoms with Gasteiger partial charge in [0.15, 0.2) is 11.5 Å². The molecular weight excluding hydrogens is 292 g/mol. The number of ether oxygens (including phenoxy) is 3. The van der Waals surface area contributed by atoms with Crippen LogP contribution >= 0.6 is 0 Å². The van der Waals surface area contributed by atoms with Gasteiger partial charge in [0.25, 0.3) is 0 Å². The molecule has 0 bridgehead atoms. The number of methoxy groups -OCH3 is 1. The molecule has 1 saturated heterocycles. The number of fused-ring (bicyclic) bond motifs is 1. The van der Waals surface area contributed by atoms with E-state index in [0.29, 0.717) is 12.0 Å². The minimum absolute atomic E-state index is 0.277. The van der Waals surface area contributed by atoms with Crippen LogP contribution in [0.1, 0.15) is 38.3 Å². The second-order valence-electron chi connectivity index (χ2n) is 6.73. The number of hydrogen-bond donors (Lipinski definition) is 1. The summed E-state index contributed by atoms with van der Waals surface area (Å²) in [6, 6.07) is 4.67. The van der Waals surface area contributed by atoms with Gasteiger partial charge in [-0.15, -0.1) is 0 Å². The number of hydrogen-bond acceptors (Lipinski definition) is 5. The molecule has 1 fully saturated rings. The van der Waals surface area contributed by atoms with Crippen molar-refractivity contribution in [2.45, 2.75) is 32.7 Å². The SMILES string of the molecule is COc1cc([C@H](CCC(C)C)N2CCNCC2)cc2c1OCO2. The van der Waals surface area contributed by atoms with Gasteiger partial charge in [-0.1, -0.05) is 13.8 Å². The van der Waals surface area contributed by atoms with Crippen LogP contribution in [0.15, 0.2) is 12.1 Å². The third kappa shape index (κ3) is 3.72. The zero-order valence-electron chi connectivity index (χ0n) is 14.4. The van der Waals surface area contributed by atoms with E-state index in [4.69, 9.17) is 14.2 Å². The van der Waals surface area contributed by atoms with E-state index >= 15 is 0 Å². The molecule has 1 atom stereocenters. The first-order valence-electron chi connectivity index (χ1n) is 8.61. The highest BCUT2D eigenvalue weighted by Gasteiger charge is 2.27. The summed E-state index contributed by atoms with van der Waals surface area (Å²) in [5.74, 6) is 3.03. The quantitative estimate of drug-likeness (QED) is 0.873. The molecule has 0 spiro atoms. The Hall–Kier alpha value is -1.46. The highest BCUT2D eigenvalue weighted by atomic mass is 16.7. The summed E-state index contributed by atoms with van der Waals surface area (Å²) in [6.07, 6.45) is 2.37. The van der Waals surface area contributed by atoms with Gasteiger partial charge < -0.3 is 19.5 Å². The standard InChI is InChI=1S/C18H28N2O3/c1-13(2)4-5-15(20-8-6-19-7-9-20)14-10-16(21-3)18-17(11-14)22-12-23-18/h10-11,13,15,19H,4-9,12H2,1-3H3/t15-/m0/s1. The minimum atomic E-state index is 0.277. The van der Waals surface area contributed by atoms with Gasteiger partial charge in [-0.05, 0) is 36.5 Å². The van der Waals surface area contributed by atoms with Gasteiger partial charge in [0.2, 0.25) is 12.5 Å². The van der Waals surface area contributed by atoms with E-state index in [2.05, 4.69) is 36.2 Å². The van der Waals surface area contributed by atoms with Crippen LogP contribution in [-0.2, 0) is 0 Å². The molecule has 3 rings (SSSR count). The van der Waals surface area contributed by atoms with Gasteiger partial charge in [-0.3, -0.25) is 4.90 Å². The maximum atomic E-state index is 5.61. The summed E-state index contributed by atoms with van der Waals surface area (Å²) in [7, 11) is 1.69. The normalized spacial score (nSPS) is 19.1. The summed E-state index contributed by atoms with van der Waals surface area (Å²) in [5, 5.41) is 3.44. The number of benzene rings is 1. The molecule has 0 aliphatic carbocycles. The van der Waals surface area contributed by atoms with Crippen molar-refractivity contribution in [1.29, 1.82) is 0 Å². The van der Waals surface area contributed by atoms with Crippen molar-refractivity contribution < 1.29 is 14.2 Å². The topological polar surface area (TPSA) is 43.0 Å². The number of nitrogens with zero attached hydrogens (tertiary/aromatic N) is 1. The Labute approximate surface area is 138 Å². The molecule has 0 amide bonds. The van der Waals surface area contributed by atoms with Crippen LogP contribution in [0.3, 0.4) is 0 Å². The van der Waals surface area contributed by atoms with Crippen molar-refractivity contribution in [3.05, 3.63) is 17.7 Å². The van der Waals surface area contributed by atoms with E-state index < -0.39 is 0 Å². The molecule has 0 radical (unpaired) electrons. The molecule has 23 heavy (non-hydrogen) atoms. The van der Waals surface area contributed by atoms with E-state index in [1.165, 1.54) is 12.0 Å². The largest absolute Gasteiger partial charge is 0.493 e. The van der Waals surface area contributed by atoms with Gasteiger partial charge in [-0.25, -0.2) is 0 Å². The lowest BCUT2D eigenvalue weighted by molar-refractivity contribution is 0.159. The summed E-state index contributed by atoms with van der Waals surface area (Å²) >= 11 is 0. The average Bonchev–Trinajstić information content (AvgIpc) is 3.03. The van der Waals surface area contributed by atoms with Crippen molar-refractivity contribution in [2.75, 3.05) is 40.1 Å². The van der Waals surface area contributed by atoms with Gasteiger partial charge in [0, 0.05) is 32.2 Å². The Morgan fingerprint density at radius 2 is 1.96 bits per heavy atom. The van der Waals surface area contributed by atoms with Gasteiger partial charge in [0.05, 0.1) is 7.11 Å². The van der Waals surface area contributed by atoms with Gasteiger partial charge >= 0.3 is 0 Å². The molecule has 2 heterocycles. The Balaban J connectivity index is 1.88. The molecule has 0 unspecified atom stereocenters. The van der Waals surface area contributed by atoms with E-state index in [1.807, 2.05) is 0 Å². The minimum Gasteiger partial charge on any atom is -0.493 e. The van der Waals surface area contributed by atoms with Crippen molar-refractivity contribution in [1.82, 2.24) is 10.2 Å². The van der Waals surface area contributed by atoms with Crippen LogP contribution in [0.4, 0.5) is 0 Å². The highest BCUT2D eigenvalue weighted by molar-refractivity contribution is 5.55. The summed E-state index contributed by atoms with van der Waals surface area (Å²) in [5.41, 5.74) is 1.27.